The van der Waals surface area contributed by atoms with Gasteiger partial charge in [-0.1, -0.05) is 63.7 Å². The number of amides is 3. The number of carbonyl (C=O) groups excluding carboxylic acids is 3. The number of nitro groups is 1. The molecule has 7 aliphatic rings. The van der Waals surface area contributed by atoms with E-state index in [4.69, 9.17) is 59.2 Å². The van der Waals surface area contributed by atoms with Gasteiger partial charge in [0.1, 0.15) is 5.02 Å². The highest BCUT2D eigenvalue weighted by Crippen LogP contribution is 2.45. The van der Waals surface area contributed by atoms with Gasteiger partial charge in [-0.15, -0.1) is 0 Å². The van der Waals surface area contributed by atoms with Crippen molar-refractivity contribution in [3.63, 3.8) is 0 Å². The summed E-state index contributed by atoms with van der Waals surface area (Å²) >= 11 is 33.4. The van der Waals surface area contributed by atoms with Gasteiger partial charge in [0.2, 0.25) is 5.91 Å². The zero-order valence-electron chi connectivity index (χ0n) is 51.4. The number of pyridine rings is 3. The van der Waals surface area contributed by atoms with Gasteiger partial charge in [-0.25, -0.2) is 9.59 Å². The fourth-order valence-electron chi connectivity index (χ4n) is 13.8. The van der Waals surface area contributed by atoms with Gasteiger partial charge in [0.05, 0.1) is 40.2 Å². The zero-order valence-corrected chi connectivity index (χ0v) is 60.0. The first-order valence-corrected chi connectivity index (χ1v) is 35.9. The summed E-state index contributed by atoms with van der Waals surface area (Å²) in [5.74, 6) is 0.855. The number of nitro benzene ring substituents is 1. The van der Waals surface area contributed by atoms with E-state index in [-0.39, 0.29) is 22.9 Å². The van der Waals surface area contributed by atoms with Gasteiger partial charge in [0.15, 0.2) is 0 Å². The third-order valence-corrected chi connectivity index (χ3v) is 21.7. The summed E-state index contributed by atoms with van der Waals surface area (Å²) in [6, 6.07) is 20.0. The summed E-state index contributed by atoms with van der Waals surface area (Å²) in [6.07, 6.45) is 17.8. The standard InChI is InChI=1S/C26H28Br2ClN3O.C22H21BrClN3O4.C22H22BrClN2O2/c27-19-14-18-1-2-21-20(3-4-22(29)25(21)28)24(26(18)31-15-19)17-7-11-32(12-8-17)23(33)13-16-5-9-30-10-6-16;1-2-31-22(28)26-7-5-13(6-8-26)20-17-11-19(27(29)30)18(24)10-14(17)3-4-15-9-16(23)12-25-21(15)20;1-2-28-22(27)26-9-7-14(8-10-26)20-19-6-5-18(24)12-15(19)3-4-16-11-17(23)13-25-21(16)20/h3-4,14-16,30H,1-2,5-13H2;9-12H,2-8H2,1H3;5-6,11-13H,2-4,7-10H2,1H3. The molecule has 0 atom stereocenters. The number of halogens is 7. The van der Waals surface area contributed by atoms with Crippen LogP contribution in [0.4, 0.5) is 15.3 Å². The molecule has 6 aromatic rings. The number of rotatable bonds is 5. The van der Waals surface area contributed by atoms with E-state index in [1.807, 2.05) is 31.5 Å². The molecule has 15 nitrogen and oxygen atoms in total. The molecule has 4 saturated heterocycles. The first-order chi connectivity index (χ1) is 44.5. The van der Waals surface area contributed by atoms with Crippen LogP contribution in [0.5, 0.6) is 0 Å². The average molecular weight is 1560 g/mol. The third kappa shape index (κ3) is 15.6. The van der Waals surface area contributed by atoms with Crippen LogP contribution in [0.2, 0.25) is 15.1 Å². The van der Waals surface area contributed by atoms with Crippen LogP contribution >= 0.6 is 98.5 Å². The van der Waals surface area contributed by atoms with Crippen molar-refractivity contribution in [2.24, 2.45) is 5.92 Å². The first kappa shape index (κ1) is 67.9. The summed E-state index contributed by atoms with van der Waals surface area (Å²) in [7, 11) is 0. The largest absolute Gasteiger partial charge is 0.450 e. The predicted octanol–water partition coefficient (Wildman–Crippen LogP) is 17.4. The molecule has 0 saturated carbocycles. The quantitative estimate of drug-likeness (QED) is 0.129. The van der Waals surface area contributed by atoms with Crippen LogP contribution in [-0.4, -0.2) is 118 Å². The van der Waals surface area contributed by atoms with Crippen molar-refractivity contribution in [3.05, 3.63) is 206 Å². The molecule has 482 valence electrons. The molecule has 92 heavy (non-hydrogen) atoms. The smallest absolute Gasteiger partial charge is 0.409 e. The van der Waals surface area contributed by atoms with E-state index in [0.717, 1.165) is 170 Å². The molecule has 0 unspecified atom stereocenters. The highest BCUT2D eigenvalue weighted by Gasteiger charge is 2.33. The predicted molar refractivity (Wildman–Crippen MR) is 376 cm³/mol. The number of nitrogens with zero attached hydrogens (tertiary/aromatic N) is 7. The van der Waals surface area contributed by atoms with Crippen molar-refractivity contribution in [2.75, 3.05) is 65.6 Å². The fraction of sp³-hybridized carbons (Fsp3) is 0.400. The van der Waals surface area contributed by atoms with Crippen LogP contribution in [0.1, 0.15) is 139 Å². The van der Waals surface area contributed by atoms with Crippen LogP contribution < -0.4 is 5.32 Å². The van der Waals surface area contributed by atoms with Crippen LogP contribution in [0, 0.1) is 16.0 Å². The second-order valence-corrected chi connectivity index (χ2v) is 28.8. The topological polar surface area (TPSA) is 173 Å². The molecule has 3 aromatic heterocycles. The summed E-state index contributed by atoms with van der Waals surface area (Å²) in [5.41, 5.74) is 20.5. The van der Waals surface area contributed by atoms with Crippen molar-refractivity contribution in [1.82, 2.24) is 35.0 Å². The molecule has 0 radical (unpaired) electrons. The lowest BCUT2D eigenvalue weighted by molar-refractivity contribution is -0.384. The van der Waals surface area contributed by atoms with Crippen LogP contribution in [-0.2, 0) is 52.8 Å². The molecule has 3 amide bonds. The highest BCUT2D eigenvalue weighted by atomic mass is 79.9. The number of piperidine rings is 4. The van der Waals surface area contributed by atoms with E-state index in [2.05, 4.69) is 110 Å². The highest BCUT2D eigenvalue weighted by molar-refractivity contribution is 9.11. The van der Waals surface area contributed by atoms with E-state index in [0.29, 0.717) is 76.9 Å². The molecule has 4 aliphatic heterocycles. The molecule has 0 bridgehead atoms. The lowest BCUT2D eigenvalue weighted by Gasteiger charge is -2.32. The normalized spacial score (nSPS) is 17.2. The number of carbonyl (C=O) groups is 3. The molecule has 22 heteroatoms. The van der Waals surface area contributed by atoms with Crippen LogP contribution in [0.3, 0.4) is 0 Å². The van der Waals surface area contributed by atoms with Gasteiger partial charge in [-0.2, -0.15) is 0 Å². The minimum Gasteiger partial charge on any atom is -0.450 e. The number of hydrogen-bond acceptors (Lipinski definition) is 11. The fourth-order valence-corrected chi connectivity index (χ4v) is 16.1. The molecule has 3 aromatic carbocycles. The number of hydrogen-bond donors (Lipinski definition) is 1. The minimum atomic E-state index is -0.449. The Morgan fingerprint density at radius 2 is 0.978 bits per heavy atom. The number of nitrogens with one attached hydrogen (secondary N) is 1. The van der Waals surface area contributed by atoms with E-state index in [1.165, 1.54) is 55.7 Å². The Labute approximate surface area is 585 Å². The van der Waals surface area contributed by atoms with Crippen molar-refractivity contribution in [1.29, 1.82) is 0 Å². The Hall–Kier alpha value is -5.51. The van der Waals surface area contributed by atoms with Gasteiger partial charge in [0.25, 0.3) is 5.69 Å². The number of aryl methyl sites for hydroxylation is 5. The van der Waals surface area contributed by atoms with Gasteiger partial charge < -0.3 is 29.5 Å². The Bertz CT molecular complexity index is 3880. The Balaban J connectivity index is 0.000000142. The summed E-state index contributed by atoms with van der Waals surface area (Å²) in [6.45, 7) is 10.4. The molecule has 1 N–H and O–H groups in total. The summed E-state index contributed by atoms with van der Waals surface area (Å²) < 4.78 is 14.2. The molecule has 7 heterocycles. The molecule has 13 rings (SSSR count). The Morgan fingerprint density at radius 3 is 1.47 bits per heavy atom. The van der Waals surface area contributed by atoms with E-state index >= 15 is 0 Å². The maximum Gasteiger partial charge on any atom is 0.409 e. The van der Waals surface area contributed by atoms with Crippen LogP contribution in [0.15, 0.2) is 114 Å². The third-order valence-electron chi connectivity index (χ3n) is 18.4. The SMILES string of the molecule is CCOC(=O)N1CCC(=C2c3cc([N+](=O)[O-])c(Cl)cc3CCc3cc(Br)cnc32)CC1.CCOC(=O)N1CCC(=C2c3ccc(Cl)cc3CCc3cc(Br)cnc32)CC1.O=C(CC1CCNCC1)N1CCC(=C2c3ccc(Cl)c(Br)c3CCc3cc(Br)cnc32)CC1. The van der Waals surface area contributed by atoms with Gasteiger partial charge in [-0.05, 0) is 279 Å². The number of aromatic nitrogens is 3. The maximum atomic E-state index is 13.0. The molecular formula is C70H71Br4Cl3N8O7. The van der Waals surface area contributed by atoms with Gasteiger partial charge >= 0.3 is 12.2 Å². The van der Waals surface area contributed by atoms with Gasteiger partial charge in [-0.3, -0.25) is 29.9 Å². The second kappa shape index (κ2) is 30.9. The Kier molecular flexibility index (Phi) is 22.8. The average Bonchev–Trinajstić information content (AvgIpc) is 1.48. The van der Waals surface area contributed by atoms with Crippen molar-refractivity contribution in [2.45, 2.75) is 110 Å². The summed E-state index contributed by atoms with van der Waals surface area (Å²) in [4.78, 5) is 68.2. The molecule has 3 aliphatic carbocycles. The lowest BCUT2D eigenvalue weighted by Crippen LogP contribution is -2.39. The maximum absolute atomic E-state index is 13.0. The van der Waals surface area contributed by atoms with Crippen molar-refractivity contribution >= 4 is 139 Å². The minimum absolute atomic E-state index is 0.108. The first-order valence-electron chi connectivity index (χ1n) is 31.6. The molecule has 0 spiro atoms. The number of likely N-dealkylation sites (tertiary alicyclic amines) is 3. The number of ether oxygens (including phenoxy) is 2. The second-order valence-electron chi connectivity index (χ2n) is 24.0. The van der Waals surface area contributed by atoms with Gasteiger partial charge in [0, 0.05) is 110 Å². The van der Waals surface area contributed by atoms with E-state index in [1.54, 1.807) is 35.1 Å². The molecular weight excluding hydrogens is 1490 g/mol. The zero-order chi connectivity index (χ0) is 64.7. The van der Waals surface area contributed by atoms with E-state index < -0.39 is 4.92 Å². The monoisotopic (exact) mass is 1560 g/mol. The van der Waals surface area contributed by atoms with E-state index in [9.17, 15) is 24.5 Å². The van der Waals surface area contributed by atoms with Crippen molar-refractivity contribution < 1.29 is 28.8 Å². The number of fused-ring (bicyclic) bond motifs is 6. The lowest BCUT2D eigenvalue weighted by atomic mass is 9.88. The Morgan fingerprint density at radius 1 is 0.543 bits per heavy atom. The van der Waals surface area contributed by atoms with Crippen molar-refractivity contribution in [3.8, 4) is 0 Å². The van der Waals surface area contributed by atoms with Crippen LogP contribution in [0.25, 0.3) is 16.7 Å². The summed E-state index contributed by atoms with van der Waals surface area (Å²) in [5, 5.41) is 16.6. The number of benzene rings is 3. The molecule has 4 fully saturated rings.